The molecule has 0 aromatic heterocycles. The van der Waals surface area contributed by atoms with E-state index in [0.29, 0.717) is 11.5 Å². The van der Waals surface area contributed by atoms with Crippen LogP contribution in [0.25, 0.3) is 5.76 Å². The van der Waals surface area contributed by atoms with Gasteiger partial charge in [-0.05, 0) is 74.7 Å². The number of nitrogens with two attached hydrogens (primary N) is 1. The molecule has 4 atom stereocenters. The van der Waals surface area contributed by atoms with Crippen molar-refractivity contribution in [2.75, 3.05) is 33.1 Å². The summed E-state index contributed by atoms with van der Waals surface area (Å²) in [6.45, 7) is 2.21. The molecule has 1 amide bonds. The summed E-state index contributed by atoms with van der Waals surface area (Å²) in [6, 6.07) is 0.879. The Bertz CT molecular complexity index is 1370. The Labute approximate surface area is 233 Å². The average molecular weight is 554 g/mol. The van der Waals surface area contributed by atoms with Crippen LogP contribution in [-0.2, 0) is 20.8 Å². The largest absolute Gasteiger partial charge is 0.508 e. The monoisotopic (exact) mass is 553 g/mol. The highest BCUT2D eigenvalue weighted by Crippen LogP contribution is 2.55. The maximum absolute atomic E-state index is 14.1. The summed E-state index contributed by atoms with van der Waals surface area (Å²) in [7, 11) is 6.94. The maximum atomic E-state index is 14.1. The number of carbonyl (C=O) groups excluding carboxylic acids is 3. The van der Waals surface area contributed by atoms with Crippen molar-refractivity contribution in [1.29, 1.82) is 0 Å². The number of aliphatic hydroxyl groups excluding tert-OH is 2. The van der Waals surface area contributed by atoms with E-state index in [0.717, 1.165) is 36.9 Å². The van der Waals surface area contributed by atoms with Crippen molar-refractivity contribution < 1.29 is 34.8 Å². The number of likely N-dealkylation sites (N-methyl/N-ethyl adjacent to an activating group) is 1. The number of benzene rings is 1. The minimum absolute atomic E-state index is 0.0711. The number of ketones is 2. The number of amides is 1. The molecule has 1 aromatic carbocycles. The number of primary amides is 1. The first-order valence-electron chi connectivity index (χ1n) is 13.9. The zero-order valence-corrected chi connectivity index (χ0v) is 23.7. The number of hydrogen-bond donors (Lipinski definition) is 5. The number of nitrogens with zero attached hydrogens (tertiary/aromatic N) is 2. The fourth-order valence-corrected chi connectivity index (χ4v) is 7.59. The van der Waals surface area contributed by atoms with Gasteiger partial charge in [0, 0.05) is 31.3 Å². The SMILES string of the molecule is CC1CCC(c2cc(N(C)C)c3c(c2O)C(O)=C2C(=O)[C@@]4(O)C(O)=C(C(N)=O)C(=O)[C@H](N(C)C)[C@H]4C[C@H]2C3)CC1. The Hall–Kier alpha value is -3.37. The zero-order valence-electron chi connectivity index (χ0n) is 23.7. The molecule has 2 saturated carbocycles. The molecule has 40 heavy (non-hydrogen) atoms. The fraction of sp³-hybridized carbons (Fsp3) is 0.567. The van der Waals surface area contributed by atoms with Crippen molar-refractivity contribution in [1.82, 2.24) is 4.90 Å². The van der Waals surface area contributed by atoms with Crippen LogP contribution in [0, 0.1) is 17.8 Å². The number of fused-ring (bicyclic) bond motifs is 3. The second kappa shape index (κ2) is 9.62. The summed E-state index contributed by atoms with van der Waals surface area (Å²) in [5.41, 5.74) is 4.21. The van der Waals surface area contributed by atoms with E-state index in [-0.39, 0.29) is 35.6 Å². The first-order valence-corrected chi connectivity index (χ1v) is 13.9. The van der Waals surface area contributed by atoms with Crippen LogP contribution in [0.5, 0.6) is 5.75 Å². The first-order chi connectivity index (χ1) is 18.7. The molecular formula is C30H39N3O7. The number of aromatic hydroxyl groups is 1. The molecule has 6 N–H and O–H groups in total. The quantitative estimate of drug-likeness (QED) is 0.352. The van der Waals surface area contributed by atoms with E-state index in [4.69, 9.17) is 5.73 Å². The minimum Gasteiger partial charge on any atom is -0.508 e. The number of hydrogen-bond acceptors (Lipinski definition) is 9. The van der Waals surface area contributed by atoms with Gasteiger partial charge in [0.25, 0.3) is 5.91 Å². The molecule has 0 spiro atoms. The summed E-state index contributed by atoms with van der Waals surface area (Å²) in [4.78, 5) is 43.0. The molecule has 0 radical (unpaired) electrons. The van der Waals surface area contributed by atoms with Gasteiger partial charge in [0.1, 0.15) is 22.8 Å². The van der Waals surface area contributed by atoms with E-state index in [9.17, 15) is 34.8 Å². The molecular weight excluding hydrogens is 514 g/mol. The third kappa shape index (κ3) is 3.87. The standard InChI is InChI=1S/C30H39N3O7/c1-13-6-8-14(9-7-13)16-12-19(32(2)3)17-10-15-11-18-23(33(4)5)26(36)22(29(31)39)28(38)30(18,40)27(37)20(15)25(35)21(17)24(16)34/h12-15,18,23,34-35,38,40H,6-11H2,1-5H3,(H2,31,39)/t13?,14?,15-,18-,23-,30-/m1/s1. The molecule has 4 aliphatic carbocycles. The summed E-state index contributed by atoms with van der Waals surface area (Å²) in [5, 5.41) is 46.1. The highest BCUT2D eigenvalue weighted by molar-refractivity contribution is 6.24. The highest BCUT2D eigenvalue weighted by atomic mass is 16.3. The first kappa shape index (κ1) is 28.2. The summed E-state index contributed by atoms with van der Waals surface area (Å²) in [6.07, 6.45) is 4.20. The molecule has 5 rings (SSSR count). The van der Waals surface area contributed by atoms with Gasteiger partial charge in [0.05, 0.1) is 11.6 Å². The van der Waals surface area contributed by atoms with Crippen LogP contribution >= 0.6 is 0 Å². The van der Waals surface area contributed by atoms with Crippen molar-refractivity contribution in [3.8, 4) is 5.75 Å². The van der Waals surface area contributed by atoms with E-state index in [1.165, 1.54) is 4.90 Å². The smallest absolute Gasteiger partial charge is 0.255 e. The summed E-state index contributed by atoms with van der Waals surface area (Å²) >= 11 is 0. The Balaban J connectivity index is 1.72. The van der Waals surface area contributed by atoms with E-state index >= 15 is 0 Å². The van der Waals surface area contributed by atoms with Crippen molar-refractivity contribution in [2.24, 2.45) is 23.5 Å². The topological polar surface area (TPSA) is 165 Å². The normalized spacial score (nSPS) is 32.1. The van der Waals surface area contributed by atoms with E-state index in [2.05, 4.69) is 6.92 Å². The van der Waals surface area contributed by atoms with Crippen LogP contribution in [0.15, 0.2) is 23.0 Å². The van der Waals surface area contributed by atoms with E-state index in [1.54, 1.807) is 14.1 Å². The summed E-state index contributed by atoms with van der Waals surface area (Å²) < 4.78 is 0. The second-order valence-electron chi connectivity index (χ2n) is 12.5. The maximum Gasteiger partial charge on any atom is 0.255 e. The molecule has 1 aromatic rings. The number of anilines is 1. The number of phenols is 1. The highest BCUT2D eigenvalue weighted by Gasteiger charge is 2.64. The lowest BCUT2D eigenvalue weighted by Gasteiger charge is -2.50. The molecule has 2 fully saturated rings. The Morgan fingerprint density at radius 1 is 1.02 bits per heavy atom. The van der Waals surface area contributed by atoms with Gasteiger partial charge in [0.2, 0.25) is 5.78 Å². The second-order valence-corrected chi connectivity index (χ2v) is 12.5. The molecule has 0 aliphatic heterocycles. The van der Waals surface area contributed by atoms with Gasteiger partial charge >= 0.3 is 0 Å². The molecule has 0 bridgehead atoms. The third-order valence-electron chi connectivity index (χ3n) is 9.66. The molecule has 10 heteroatoms. The predicted molar refractivity (Wildman–Crippen MR) is 149 cm³/mol. The van der Waals surface area contributed by atoms with Crippen molar-refractivity contribution in [3.05, 3.63) is 39.7 Å². The fourth-order valence-electron chi connectivity index (χ4n) is 7.59. The molecule has 4 aliphatic rings. The van der Waals surface area contributed by atoms with Gasteiger partial charge in [-0.3, -0.25) is 19.3 Å². The van der Waals surface area contributed by atoms with Crippen LogP contribution in [-0.4, -0.2) is 82.6 Å². The van der Waals surface area contributed by atoms with Gasteiger partial charge in [0.15, 0.2) is 11.4 Å². The number of rotatable bonds is 4. The molecule has 216 valence electrons. The lowest BCUT2D eigenvalue weighted by Crippen LogP contribution is -2.65. The van der Waals surface area contributed by atoms with Gasteiger partial charge < -0.3 is 31.1 Å². The molecule has 10 nitrogen and oxygen atoms in total. The number of carbonyl (C=O) groups is 3. The molecule has 0 unspecified atom stereocenters. The van der Waals surface area contributed by atoms with Gasteiger partial charge in [-0.1, -0.05) is 19.8 Å². The lowest BCUT2D eigenvalue weighted by atomic mass is 9.57. The average Bonchev–Trinajstić information content (AvgIpc) is 2.86. The molecule has 0 saturated heterocycles. The van der Waals surface area contributed by atoms with Crippen LogP contribution in [0.2, 0.25) is 0 Å². The van der Waals surface area contributed by atoms with Crippen molar-refractivity contribution in [2.45, 2.75) is 63.0 Å². The van der Waals surface area contributed by atoms with E-state index < -0.39 is 58.0 Å². The van der Waals surface area contributed by atoms with Crippen LogP contribution in [0.4, 0.5) is 5.69 Å². The Morgan fingerprint density at radius 3 is 2.20 bits per heavy atom. The van der Waals surface area contributed by atoms with Gasteiger partial charge in [-0.25, -0.2) is 0 Å². The van der Waals surface area contributed by atoms with Gasteiger partial charge in [-0.2, -0.15) is 0 Å². The van der Waals surface area contributed by atoms with Gasteiger partial charge in [-0.15, -0.1) is 0 Å². The Morgan fingerprint density at radius 2 is 1.65 bits per heavy atom. The third-order valence-corrected chi connectivity index (χ3v) is 9.66. The Kier molecular flexibility index (Phi) is 6.78. The minimum atomic E-state index is -2.64. The lowest BCUT2D eigenvalue weighted by molar-refractivity contribution is -0.153. The number of phenolic OH excluding ortho intramolecular Hbond substituents is 1. The number of Topliss-reactive ketones (excluding diaryl/α,β-unsaturated/α-hetero) is 2. The number of aliphatic hydroxyl groups is 3. The van der Waals surface area contributed by atoms with Crippen molar-refractivity contribution >= 4 is 28.9 Å². The van der Waals surface area contributed by atoms with Crippen molar-refractivity contribution in [3.63, 3.8) is 0 Å². The predicted octanol–water partition coefficient (Wildman–Crippen LogP) is 2.32. The zero-order chi connectivity index (χ0) is 29.4. The van der Waals surface area contributed by atoms with Crippen LogP contribution in [0.3, 0.4) is 0 Å². The van der Waals surface area contributed by atoms with Crippen LogP contribution < -0.4 is 10.6 Å². The van der Waals surface area contributed by atoms with Crippen LogP contribution in [0.1, 0.15) is 61.6 Å². The summed E-state index contributed by atoms with van der Waals surface area (Å²) in [5.74, 6) is -5.58. The van der Waals surface area contributed by atoms with E-state index in [1.807, 2.05) is 25.1 Å². The molecule has 0 heterocycles.